The van der Waals surface area contributed by atoms with Crippen LogP contribution in [-0.2, 0) is 20.0 Å². The zero-order valence-corrected chi connectivity index (χ0v) is 24.0. The van der Waals surface area contributed by atoms with Crippen molar-refractivity contribution in [2.24, 2.45) is 5.92 Å². The lowest BCUT2D eigenvalue weighted by Gasteiger charge is -2.39. The third-order valence-electron chi connectivity index (χ3n) is 9.55. The molecule has 0 saturated carbocycles. The summed E-state index contributed by atoms with van der Waals surface area (Å²) in [7, 11) is 0. The maximum atomic E-state index is 14.1. The fourth-order valence-electron chi connectivity index (χ4n) is 7.07. The quantitative estimate of drug-likeness (QED) is 0.375. The van der Waals surface area contributed by atoms with E-state index in [1.54, 1.807) is 41.0 Å². The predicted octanol–water partition coefficient (Wildman–Crippen LogP) is 2.32. The molecule has 3 atom stereocenters. The second-order valence-electron chi connectivity index (χ2n) is 11.9. The standard InChI is InChI=1S/C32H39N5O5/c1-22(7-5-11-28(39)35-18-6-10-25(35)20-38)32(42)26-19-24(12-13-27(26)34-29(32)40)36-21-37(23-8-3-2-4-9-23)31(30(36)41)14-16-33-17-15-31/h2-5,7-9,12-13,19,22,25,33,38,42H,6,10-11,14-18,20-21H2,1H3,(H,34,40)/b7-5+/t22-,25+,32+/m1/s1. The summed E-state index contributed by atoms with van der Waals surface area (Å²) in [6, 6.07) is 15.1. The van der Waals surface area contributed by atoms with Gasteiger partial charge in [0.05, 0.1) is 19.3 Å². The van der Waals surface area contributed by atoms with Gasteiger partial charge in [-0.2, -0.15) is 0 Å². The second kappa shape index (κ2) is 11.2. The molecule has 3 saturated heterocycles. The van der Waals surface area contributed by atoms with Gasteiger partial charge in [0.15, 0.2) is 5.60 Å². The monoisotopic (exact) mass is 573 g/mol. The average molecular weight is 574 g/mol. The molecule has 2 aromatic carbocycles. The Hall–Kier alpha value is -3.73. The van der Waals surface area contributed by atoms with E-state index in [-0.39, 0.29) is 30.9 Å². The van der Waals surface area contributed by atoms with Gasteiger partial charge in [-0.05, 0) is 69.1 Å². The summed E-state index contributed by atoms with van der Waals surface area (Å²) < 4.78 is 0. The minimum atomic E-state index is -1.86. The Morgan fingerprint density at radius 1 is 1.12 bits per heavy atom. The summed E-state index contributed by atoms with van der Waals surface area (Å²) in [5.74, 6) is -1.24. The maximum absolute atomic E-state index is 14.1. The highest BCUT2D eigenvalue weighted by atomic mass is 16.3. The number of nitrogens with one attached hydrogen (secondary N) is 2. The lowest BCUT2D eigenvalue weighted by atomic mass is 9.82. The number of aliphatic hydroxyl groups is 2. The van der Waals surface area contributed by atoms with E-state index in [0.717, 1.165) is 31.6 Å². The lowest BCUT2D eigenvalue weighted by Crippen LogP contribution is -2.55. The molecule has 1 spiro atoms. The van der Waals surface area contributed by atoms with Gasteiger partial charge in [0.1, 0.15) is 5.54 Å². The largest absolute Gasteiger partial charge is 0.394 e. The van der Waals surface area contributed by atoms with Gasteiger partial charge in [0.25, 0.3) is 11.8 Å². The summed E-state index contributed by atoms with van der Waals surface area (Å²) >= 11 is 0. The number of para-hydroxylation sites is 1. The number of anilines is 3. The molecule has 0 radical (unpaired) electrons. The molecule has 0 aromatic heterocycles. The summed E-state index contributed by atoms with van der Waals surface area (Å²) in [6.45, 7) is 4.18. The molecular formula is C32H39N5O5. The Bertz CT molecular complexity index is 1390. The molecule has 4 N–H and O–H groups in total. The SMILES string of the molecule is C[C@H](/C=C/CC(=O)N1CCC[C@H]1CO)[C@@]1(O)C(=O)Nc2ccc(N3CN(c4ccccc4)C4(CCNCC4)C3=O)cc21. The number of hydrogen-bond acceptors (Lipinski definition) is 7. The zero-order valence-electron chi connectivity index (χ0n) is 24.0. The summed E-state index contributed by atoms with van der Waals surface area (Å²) in [5.41, 5.74) is 0.00805. The molecule has 6 rings (SSSR count). The fourth-order valence-corrected chi connectivity index (χ4v) is 7.07. The van der Waals surface area contributed by atoms with E-state index in [1.165, 1.54) is 0 Å². The van der Waals surface area contributed by atoms with Crippen molar-refractivity contribution in [1.82, 2.24) is 10.2 Å². The first-order chi connectivity index (χ1) is 20.3. The van der Waals surface area contributed by atoms with Crippen molar-refractivity contribution in [3.05, 3.63) is 66.2 Å². The third-order valence-corrected chi connectivity index (χ3v) is 9.55. The number of piperidine rings is 1. The van der Waals surface area contributed by atoms with E-state index in [2.05, 4.69) is 15.5 Å². The van der Waals surface area contributed by atoms with Gasteiger partial charge in [0.2, 0.25) is 5.91 Å². The fraction of sp³-hybridized carbons (Fsp3) is 0.469. The first-order valence-corrected chi connectivity index (χ1v) is 14.9. The van der Waals surface area contributed by atoms with Crippen molar-refractivity contribution in [2.75, 3.05) is 48.0 Å². The molecular weight excluding hydrogens is 534 g/mol. The van der Waals surface area contributed by atoms with Gasteiger partial charge >= 0.3 is 0 Å². The Morgan fingerprint density at radius 3 is 2.62 bits per heavy atom. The molecule has 4 aliphatic heterocycles. The van der Waals surface area contributed by atoms with E-state index >= 15 is 0 Å². The van der Waals surface area contributed by atoms with Gasteiger partial charge in [-0.1, -0.05) is 37.3 Å². The number of hydrogen-bond donors (Lipinski definition) is 4. The Morgan fingerprint density at radius 2 is 1.88 bits per heavy atom. The van der Waals surface area contributed by atoms with Crippen molar-refractivity contribution < 1.29 is 24.6 Å². The normalized spacial score (nSPS) is 25.9. The van der Waals surface area contributed by atoms with Crippen LogP contribution in [-0.4, -0.2) is 77.3 Å². The molecule has 0 unspecified atom stereocenters. The molecule has 222 valence electrons. The highest BCUT2D eigenvalue weighted by Crippen LogP contribution is 2.45. The number of benzene rings is 2. The molecule has 3 amide bonds. The number of likely N-dealkylation sites (tertiary alicyclic amines) is 1. The van der Waals surface area contributed by atoms with Crippen LogP contribution >= 0.6 is 0 Å². The third kappa shape index (κ3) is 4.58. The van der Waals surface area contributed by atoms with E-state index in [1.807, 2.05) is 36.4 Å². The number of nitrogens with zero attached hydrogens (tertiary/aromatic N) is 3. The molecule has 4 heterocycles. The minimum Gasteiger partial charge on any atom is -0.394 e. The first kappa shape index (κ1) is 28.4. The van der Waals surface area contributed by atoms with Crippen LogP contribution in [0.15, 0.2) is 60.7 Å². The number of carbonyl (C=O) groups is 3. The van der Waals surface area contributed by atoms with Gasteiger partial charge in [-0.25, -0.2) is 0 Å². The van der Waals surface area contributed by atoms with Crippen molar-refractivity contribution in [3.63, 3.8) is 0 Å². The summed E-state index contributed by atoms with van der Waals surface area (Å²) in [6.07, 6.45) is 6.55. The van der Waals surface area contributed by atoms with Gasteiger partial charge < -0.3 is 30.6 Å². The van der Waals surface area contributed by atoms with Gasteiger partial charge in [-0.3, -0.25) is 19.3 Å². The number of fused-ring (bicyclic) bond motifs is 1. The van der Waals surface area contributed by atoms with Crippen LogP contribution in [0.3, 0.4) is 0 Å². The van der Waals surface area contributed by atoms with Crippen LogP contribution in [0.2, 0.25) is 0 Å². The topological polar surface area (TPSA) is 125 Å². The van der Waals surface area contributed by atoms with Crippen molar-refractivity contribution in [1.29, 1.82) is 0 Å². The van der Waals surface area contributed by atoms with Crippen LogP contribution in [0.25, 0.3) is 0 Å². The maximum Gasteiger partial charge on any atom is 0.261 e. The average Bonchev–Trinajstić information content (AvgIpc) is 3.68. The summed E-state index contributed by atoms with van der Waals surface area (Å²) in [4.78, 5) is 45.7. The van der Waals surface area contributed by atoms with Crippen molar-refractivity contribution >= 4 is 34.8 Å². The zero-order chi connectivity index (χ0) is 29.5. The molecule has 10 nitrogen and oxygen atoms in total. The van der Waals surface area contributed by atoms with E-state index in [9.17, 15) is 24.6 Å². The summed E-state index contributed by atoms with van der Waals surface area (Å²) in [5, 5.41) is 27.5. The smallest absolute Gasteiger partial charge is 0.261 e. The predicted molar refractivity (Wildman–Crippen MR) is 160 cm³/mol. The Labute approximate surface area is 246 Å². The Kier molecular flexibility index (Phi) is 7.55. The number of aliphatic hydroxyl groups excluding tert-OH is 1. The molecule has 0 aliphatic carbocycles. The van der Waals surface area contributed by atoms with Gasteiger partial charge in [-0.15, -0.1) is 0 Å². The van der Waals surface area contributed by atoms with E-state index < -0.39 is 23.0 Å². The van der Waals surface area contributed by atoms with Crippen LogP contribution in [0.1, 0.15) is 44.6 Å². The van der Waals surface area contributed by atoms with Crippen LogP contribution in [0.5, 0.6) is 0 Å². The number of amides is 3. The van der Waals surface area contributed by atoms with Crippen molar-refractivity contribution in [3.8, 4) is 0 Å². The number of carbonyl (C=O) groups excluding carboxylic acids is 3. The highest BCUT2D eigenvalue weighted by Gasteiger charge is 2.54. The highest BCUT2D eigenvalue weighted by molar-refractivity contribution is 6.08. The second-order valence-corrected chi connectivity index (χ2v) is 11.9. The Balaban J connectivity index is 1.26. The molecule has 42 heavy (non-hydrogen) atoms. The molecule has 2 aromatic rings. The minimum absolute atomic E-state index is 0.0168. The lowest BCUT2D eigenvalue weighted by molar-refractivity contribution is -0.137. The van der Waals surface area contributed by atoms with E-state index in [4.69, 9.17) is 0 Å². The molecule has 3 fully saturated rings. The van der Waals surface area contributed by atoms with Crippen LogP contribution < -0.4 is 20.4 Å². The van der Waals surface area contributed by atoms with Gasteiger partial charge in [0, 0.05) is 41.5 Å². The van der Waals surface area contributed by atoms with E-state index in [0.29, 0.717) is 43.0 Å². The number of rotatable bonds is 7. The molecule has 10 heteroatoms. The van der Waals surface area contributed by atoms with Crippen molar-refractivity contribution in [2.45, 2.75) is 56.2 Å². The first-order valence-electron chi connectivity index (χ1n) is 14.9. The molecule has 4 aliphatic rings. The molecule has 0 bridgehead atoms. The van der Waals surface area contributed by atoms with Crippen LogP contribution in [0.4, 0.5) is 17.1 Å². The van der Waals surface area contributed by atoms with Crippen LogP contribution in [0, 0.1) is 5.92 Å².